The largest absolute Gasteiger partial charge is 0.365 e. The van der Waals surface area contributed by atoms with Crippen LogP contribution in [0, 0.1) is 24.2 Å². The number of primary amides is 1. The number of nitrogens with two attached hydrogens (primary N) is 1. The Bertz CT molecular complexity index is 1310. The molecule has 3 aliphatic rings. The molecule has 2 fully saturated rings. The Hall–Kier alpha value is -3.29. The summed E-state index contributed by atoms with van der Waals surface area (Å²) >= 11 is 1.63. The summed E-state index contributed by atoms with van der Waals surface area (Å²) in [7, 11) is 0. The van der Waals surface area contributed by atoms with Gasteiger partial charge in [0.2, 0.25) is 5.91 Å². The van der Waals surface area contributed by atoms with Crippen molar-refractivity contribution in [1.29, 1.82) is 5.26 Å². The first-order valence-electron chi connectivity index (χ1n) is 12.7. The number of piperidine rings is 1. The second-order valence-electron chi connectivity index (χ2n) is 10.4. The average Bonchev–Trinajstić information content (AvgIpc) is 3.50. The molecule has 2 aromatic heterocycles. The number of aryl methyl sites for hydroxylation is 1. The number of carbonyl (C=O) groups excluding carboxylic acids is 2. The van der Waals surface area contributed by atoms with Crippen LogP contribution >= 0.6 is 11.3 Å². The lowest BCUT2D eigenvalue weighted by molar-refractivity contribution is -0.117. The van der Waals surface area contributed by atoms with E-state index in [0.717, 1.165) is 29.6 Å². The molecule has 1 unspecified atom stereocenters. The van der Waals surface area contributed by atoms with Crippen LogP contribution < -0.4 is 11.1 Å². The SMILES string of the molecule is Cc1cc(C2=CC=C(CN3CCC(CC#N)(n4cc(C(N)=O)c(NC(=O)C5CC5)n4)CC3)CC2F)cs1. The Morgan fingerprint density at radius 1 is 1.32 bits per heavy atom. The summed E-state index contributed by atoms with van der Waals surface area (Å²) in [4.78, 5) is 27.8. The number of thiophene rings is 1. The van der Waals surface area contributed by atoms with Gasteiger partial charge < -0.3 is 11.1 Å². The fraction of sp³-hybridized carbons (Fsp3) is 0.481. The number of nitrogens with zero attached hydrogens (tertiary/aromatic N) is 4. The third-order valence-corrected chi connectivity index (χ3v) is 8.48. The van der Waals surface area contributed by atoms with E-state index in [0.29, 0.717) is 38.9 Å². The number of halogens is 1. The summed E-state index contributed by atoms with van der Waals surface area (Å²) in [5.74, 6) is -0.707. The second-order valence-corrected chi connectivity index (χ2v) is 11.5. The molecule has 37 heavy (non-hydrogen) atoms. The van der Waals surface area contributed by atoms with Crippen molar-refractivity contribution in [2.75, 3.05) is 25.0 Å². The number of likely N-dealkylation sites (tertiary alicyclic amines) is 1. The molecule has 5 rings (SSSR count). The molecular weight excluding hydrogens is 491 g/mol. The third-order valence-electron chi connectivity index (χ3n) is 7.62. The minimum atomic E-state index is -1.02. The van der Waals surface area contributed by atoms with E-state index >= 15 is 4.39 Å². The first-order chi connectivity index (χ1) is 17.8. The molecule has 0 spiro atoms. The molecule has 2 aromatic rings. The molecule has 2 amide bonds. The predicted octanol–water partition coefficient (Wildman–Crippen LogP) is 4.16. The molecule has 0 radical (unpaired) electrons. The summed E-state index contributed by atoms with van der Waals surface area (Å²) in [6.07, 6.45) is 8.03. The standard InChI is InChI=1S/C27H31FN6O2S/c1-17-12-20(16-37-17)21-5-2-18(13-23(21)28)14-33-10-7-27(6-9-29,8-11-33)34-15-22(24(30)35)25(32-34)31-26(36)19-3-4-19/h2,5,12,15-16,19,23H,3-4,6-8,10-11,13-14H2,1H3,(H2,30,35)(H,31,32,36). The predicted molar refractivity (Wildman–Crippen MR) is 141 cm³/mol. The van der Waals surface area contributed by atoms with Gasteiger partial charge in [-0.25, -0.2) is 4.39 Å². The lowest BCUT2D eigenvalue weighted by Gasteiger charge is -2.41. The number of rotatable bonds is 8. The molecule has 10 heteroatoms. The van der Waals surface area contributed by atoms with Crippen LogP contribution in [0.25, 0.3) is 5.57 Å². The lowest BCUT2D eigenvalue weighted by atomic mass is 9.84. The number of hydrogen-bond acceptors (Lipinski definition) is 6. The van der Waals surface area contributed by atoms with E-state index in [2.05, 4.69) is 21.4 Å². The maximum atomic E-state index is 15.0. The Balaban J connectivity index is 1.28. The highest BCUT2D eigenvalue weighted by Crippen LogP contribution is 2.37. The Kier molecular flexibility index (Phi) is 7.01. The van der Waals surface area contributed by atoms with Crippen LogP contribution in [0.4, 0.5) is 10.2 Å². The van der Waals surface area contributed by atoms with E-state index in [-0.39, 0.29) is 29.6 Å². The molecule has 1 atom stereocenters. The van der Waals surface area contributed by atoms with E-state index in [9.17, 15) is 14.9 Å². The molecule has 194 valence electrons. The monoisotopic (exact) mass is 522 g/mol. The summed E-state index contributed by atoms with van der Waals surface area (Å²) in [5.41, 5.74) is 7.88. The summed E-state index contributed by atoms with van der Waals surface area (Å²) in [6, 6.07) is 4.31. The van der Waals surface area contributed by atoms with Gasteiger partial charge in [0.05, 0.1) is 18.0 Å². The van der Waals surface area contributed by atoms with Gasteiger partial charge in [0.1, 0.15) is 11.7 Å². The van der Waals surface area contributed by atoms with Gasteiger partial charge >= 0.3 is 0 Å². The minimum Gasteiger partial charge on any atom is -0.365 e. The lowest BCUT2D eigenvalue weighted by Crippen LogP contribution is -2.47. The van der Waals surface area contributed by atoms with Gasteiger partial charge in [0, 0.05) is 43.0 Å². The van der Waals surface area contributed by atoms with Crippen LogP contribution in [0.5, 0.6) is 0 Å². The van der Waals surface area contributed by atoms with Crippen LogP contribution in [-0.4, -0.2) is 52.3 Å². The van der Waals surface area contributed by atoms with Crippen molar-refractivity contribution in [3.8, 4) is 6.07 Å². The maximum absolute atomic E-state index is 15.0. The number of hydrogen-bond donors (Lipinski definition) is 2. The number of amides is 2. The highest BCUT2D eigenvalue weighted by molar-refractivity contribution is 7.10. The van der Waals surface area contributed by atoms with Crippen molar-refractivity contribution in [3.63, 3.8) is 0 Å². The summed E-state index contributed by atoms with van der Waals surface area (Å²) < 4.78 is 16.7. The average molecular weight is 523 g/mol. The van der Waals surface area contributed by atoms with Crippen molar-refractivity contribution >= 4 is 34.5 Å². The topological polar surface area (TPSA) is 117 Å². The van der Waals surface area contributed by atoms with Crippen LogP contribution in [0.1, 0.15) is 59.3 Å². The maximum Gasteiger partial charge on any atom is 0.254 e. The third kappa shape index (κ3) is 5.38. The highest BCUT2D eigenvalue weighted by Gasteiger charge is 2.39. The fourth-order valence-electron chi connectivity index (χ4n) is 5.21. The van der Waals surface area contributed by atoms with Crippen LogP contribution in [0.3, 0.4) is 0 Å². The molecule has 2 aliphatic carbocycles. The highest BCUT2D eigenvalue weighted by atomic mass is 32.1. The van der Waals surface area contributed by atoms with Gasteiger partial charge in [-0.15, -0.1) is 11.3 Å². The van der Waals surface area contributed by atoms with E-state index in [1.807, 2.05) is 30.5 Å². The molecule has 1 saturated carbocycles. The van der Waals surface area contributed by atoms with E-state index < -0.39 is 17.6 Å². The number of carbonyl (C=O) groups is 2. The van der Waals surface area contributed by atoms with Crippen molar-refractivity contribution in [2.24, 2.45) is 11.7 Å². The van der Waals surface area contributed by atoms with Crippen LogP contribution in [-0.2, 0) is 10.3 Å². The summed E-state index contributed by atoms with van der Waals surface area (Å²) in [5, 5.41) is 18.9. The molecular formula is C27H31FN6O2S. The van der Waals surface area contributed by atoms with Crippen LogP contribution in [0.2, 0.25) is 0 Å². The van der Waals surface area contributed by atoms with Crippen molar-refractivity contribution in [3.05, 3.63) is 51.4 Å². The zero-order chi connectivity index (χ0) is 26.2. The zero-order valence-corrected chi connectivity index (χ0v) is 21.7. The first-order valence-corrected chi connectivity index (χ1v) is 13.6. The zero-order valence-electron chi connectivity index (χ0n) is 20.9. The quantitative estimate of drug-likeness (QED) is 0.540. The fourth-order valence-corrected chi connectivity index (χ4v) is 5.92. The Labute approximate surface area is 219 Å². The van der Waals surface area contributed by atoms with Crippen molar-refractivity contribution in [1.82, 2.24) is 14.7 Å². The normalized spacial score (nSPS) is 21.6. The smallest absolute Gasteiger partial charge is 0.254 e. The van der Waals surface area contributed by atoms with E-state index in [1.54, 1.807) is 22.2 Å². The van der Waals surface area contributed by atoms with Gasteiger partial charge in [0.25, 0.3) is 5.91 Å². The Morgan fingerprint density at radius 2 is 2.08 bits per heavy atom. The molecule has 3 N–H and O–H groups in total. The number of anilines is 1. The molecule has 1 saturated heterocycles. The van der Waals surface area contributed by atoms with Crippen LogP contribution in [0.15, 0.2) is 35.4 Å². The van der Waals surface area contributed by atoms with E-state index in [4.69, 9.17) is 5.73 Å². The van der Waals surface area contributed by atoms with Crippen molar-refractivity contribution in [2.45, 2.75) is 57.2 Å². The first kappa shape index (κ1) is 25.4. The number of nitrogens with one attached hydrogen (secondary N) is 1. The molecule has 1 aliphatic heterocycles. The molecule has 8 nitrogen and oxygen atoms in total. The van der Waals surface area contributed by atoms with E-state index in [1.165, 1.54) is 4.88 Å². The number of alkyl halides is 1. The molecule has 0 aromatic carbocycles. The van der Waals surface area contributed by atoms with Crippen molar-refractivity contribution < 1.29 is 14.0 Å². The second kappa shape index (κ2) is 10.2. The Morgan fingerprint density at radius 3 is 2.68 bits per heavy atom. The molecule has 0 bridgehead atoms. The molecule has 3 heterocycles. The van der Waals surface area contributed by atoms with Gasteiger partial charge in [-0.1, -0.05) is 17.7 Å². The van der Waals surface area contributed by atoms with Gasteiger partial charge in [-0.05, 0) is 55.2 Å². The number of aromatic nitrogens is 2. The number of allylic oxidation sites excluding steroid dienone is 3. The van der Waals surface area contributed by atoms with Gasteiger partial charge in [-0.3, -0.25) is 19.2 Å². The summed E-state index contributed by atoms with van der Waals surface area (Å²) in [6.45, 7) is 4.10. The van der Waals surface area contributed by atoms with Gasteiger partial charge in [-0.2, -0.15) is 10.4 Å². The van der Waals surface area contributed by atoms with Gasteiger partial charge in [0.15, 0.2) is 5.82 Å². The number of nitriles is 1. The minimum absolute atomic E-state index is 0.0412.